The molecule has 0 fully saturated rings. The molecule has 0 aliphatic rings. The van der Waals surface area contributed by atoms with Gasteiger partial charge in [-0.05, 0) is 75.3 Å². The third-order valence-corrected chi connectivity index (χ3v) is 9.86. The molecule has 0 aliphatic carbocycles. The van der Waals surface area contributed by atoms with Gasteiger partial charge >= 0.3 is 0 Å². The molecule has 2 heteroatoms. The monoisotopic (exact) mass is 578 g/mol. The molecule has 7 aromatic carbocycles. The molecule has 0 aliphatic heterocycles. The van der Waals surface area contributed by atoms with Crippen molar-refractivity contribution in [3.63, 3.8) is 0 Å². The summed E-state index contributed by atoms with van der Waals surface area (Å²) in [4.78, 5) is 0. The first-order valence-electron chi connectivity index (χ1n) is 14.9. The van der Waals surface area contributed by atoms with Crippen LogP contribution in [0.1, 0.15) is 0 Å². The summed E-state index contributed by atoms with van der Waals surface area (Å²) in [5.41, 5.74) is 11.4. The van der Waals surface area contributed by atoms with Crippen molar-refractivity contribution in [3.05, 3.63) is 158 Å². The van der Waals surface area contributed by atoms with Gasteiger partial charge < -0.3 is 4.42 Å². The lowest BCUT2D eigenvalue weighted by Gasteiger charge is -2.13. The van der Waals surface area contributed by atoms with E-state index in [0.29, 0.717) is 0 Å². The highest BCUT2D eigenvalue weighted by atomic mass is 32.1. The second-order valence-electron chi connectivity index (χ2n) is 11.3. The van der Waals surface area contributed by atoms with Gasteiger partial charge in [0.2, 0.25) is 0 Å². The van der Waals surface area contributed by atoms with Crippen molar-refractivity contribution in [1.82, 2.24) is 0 Å². The van der Waals surface area contributed by atoms with Crippen molar-refractivity contribution in [2.24, 2.45) is 0 Å². The van der Waals surface area contributed by atoms with Gasteiger partial charge in [-0.2, -0.15) is 0 Å². The molecular formula is C42H26OS. The molecule has 0 amide bonds. The fourth-order valence-corrected chi connectivity index (χ4v) is 7.64. The van der Waals surface area contributed by atoms with E-state index in [4.69, 9.17) is 4.42 Å². The standard InChI is InChI=1S/C42H26OS/c1-2-10-27(11-3-1)28-18-20-29(21-19-28)32-12-4-5-13-33(32)31-25-36(42-38(26-31)34-14-6-8-16-39(34)43-42)30-22-23-41-37(24-30)35-15-7-9-17-40(35)44-41/h1-26H. The molecule has 0 spiro atoms. The quantitative estimate of drug-likeness (QED) is 0.202. The molecule has 0 saturated heterocycles. The van der Waals surface area contributed by atoms with Crippen molar-refractivity contribution < 1.29 is 4.42 Å². The maximum atomic E-state index is 6.58. The van der Waals surface area contributed by atoms with E-state index in [2.05, 4.69) is 152 Å². The Morgan fingerprint density at radius 3 is 1.77 bits per heavy atom. The van der Waals surface area contributed by atoms with Crippen LogP contribution in [0, 0.1) is 0 Å². The maximum Gasteiger partial charge on any atom is 0.143 e. The first-order valence-corrected chi connectivity index (χ1v) is 15.7. The minimum Gasteiger partial charge on any atom is -0.455 e. The van der Waals surface area contributed by atoms with Crippen molar-refractivity contribution in [2.75, 3.05) is 0 Å². The molecule has 2 heterocycles. The second-order valence-corrected chi connectivity index (χ2v) is 12.4. The first-order chi connectivity index (χ1) is 21.8. The molecule has 2 aromatic heterocycles. The molecule has 0 bridgehead atoms. The summed E-state index contributed by atoms with van der Waals surface area (Å²) >= 11 is 1.85. The average molecular weight is 579 g/mol. The topological polar surface area (TPSA) is 13.1 Å². The summed E-state index contributed by atoms with van der Waals surface area (Å²) in [6, 6.07) is 56.7. The number of hydrogen-bond acceptors (Lipinski definition) is 2. The largest absolute Gasteiger partial charge is 0.455 e. The molecule has 9 rings (SSSR count). The minimum atomic E-state index is 0.910. The number of thiophene rings is 1. The van der Waals surface area contributed by atoms with E-state index in [0.717, 1.165) is 33.1 Å². The van der Waals surface area contributed by atoms with Gasteiger partial charge in [0.05, 0.1) is 0 Å². The summed E-state index contributed by atoms with van der Waals surface area (Å²) in [5, 5.41) is 4.86. The number of fused-ring (bicyclic) bond motifs is 6. The van der Waals surface area contributed by atoms with Crippen LogP contribution in [0.5, 0.6) is 0 Å². The molecule has 44 heavy (non-hydrogen) atoms. The average Bonchev–Trinajstić information content (AvgIpc) is 3.66. The van der Waals surface area contributed by atoms with Crippen molar-refractivity contribution in [1.29, 1.82) is 0 Å². The van der Waals surface area contributed by atoms with Crippen LogP contribution in [0.25, 0.3) is 86.6 Å². The van der Waals surface area contributed by atoms with Gasteiger partial charge in [-0.25, -0.2) is 0 Å². The highest BCUT2D eigenvalue weighted by Gasteiger charge is 2.18. The van der Waals surface area contributed by atoms with Crippen LogP contribution in [0.2, 0.25) is 0 Å². The number of hydrogen-bond donors (Lipinski definition) is 0. The highest BCUT2D eigenvalue weighted by Crippen LogP contribution is 2.43. The summed E-state index contributed by atoms with van der Waals surface area (Å²) < 4.78 is 9.20. The van der Waals surface area contributed by atoms with E-state index in [1.165, 1.54) is 53.6 Å². The third kappa shape index (κ3) is 4.07. The maximum absolute atomic E-state index is 6.58. The summed E-state index contributed by atoms with van der Waals surface area (Å²) in [5.74, 6) is 0. The molecule has 0 saturated carbocycles. The fraction of sp³-hybridized carbons (Fsp3) is 0. The molecule has 9 aromatic rings. The molecule has 0 N–H and O–H groups in total. The van der Waals surface area contributed by atoms with Gasteiger partial charge in [0.25, 0.3) is 0 Å². The van der Waals surface area contributed by atoms with Crippen LogP contribution in [0.15, 0.2) is 162 Å². The fourth-order valence-electron chi connectivity index (χ4n) is 6.55. The predicted octanol–water partition coefficient (Wildman–Crippen LogP) is 12.6. The van der Waals surface area contributed by atoms with Gasteiger partial charge in [-0.15, -0.1) is 11.3 Å². The molecule has 1 nitrogen and oxygen atoms in total. The molecule has 206 valence electrons. The van der Waals surface area contributed by atoms with Crippen molar-refractivity contribution in [2.45, 2.75) is 0 Å². The van der Waals surface area contributed by atoms with Crippen LogP contribution in [-0.2, 0) is 0 Å². The first kappa shape index (κ1) is 25.1. The van der Waals surface area contributed by atoms with Crippen LogP contribution in [0.4, 0.5) is 0 Å². The number of rotatable bonds is 4. The van der Waals surface area contributed by atoms with Crippen LogP contribution in [-0.4, -0.2) is 0 Å². The Morgan fingerprint density at radius 1 is 0.341 bits per heavy atom. The Balaban J connectivity index is 1.26. The van der Waals surface area contributed by atoms with E-state index in [1.54, 1.807) is 0 Å². The normalized spacial score (nSPS) is 11.6. The SMILES string of the molecule is c1ccc(-c2ccc(-c3ccccc3-c3cc(-c4ccc5sc6ccccc6c5c4)c4oc5ccccc5c4c3)cc2)cc1. The number of para-hydroxylation sites is 1. The highest BCUT2D eigenvalue weighted by molar-refractivity contribution is 7.25. The Kier molecular flexibility index (Phi) is 5.75. The van der Waals surface area contributed by atoms with Crippen LogP contribution in [0.3, 0.4) is 0 Å². The lowest BCUT2D eigenvalue weighted by atomic mass is 9.90. The zero-order valence-corrected chi connectivity index (χ0v) is 24.6. The Morgan fingerprint density at radius 2 is 0.932 bits per heavy atom. The van der Waals surface area contributed by atoms with E-state index in [-0.39, 0.29) is 0 Å². The van der Waals surface area contributed by atoms with Crippen molar-refractivity contribution in [3.8, 4) is 44.5 Å². The molecule has 0 radical (unpaired) electrons. The Bertz CT molecular complexity index is 2480. The third-order valence-electron chi connectivity index (χ3n) is 8.71. The van der Waals surface area contributed by atoms with E-state index < -0.39 is 0 Å². The zero-order valence-electron chi connectivity index (χ0n) is 23.8. The Labute approximate surface area is 259 Å². The number of benzene rings is 7. The minimum absolute atomic E-state index is 0.910. The number of furan rings is 1. The van der Waals surface area contributed by atoms with E-state index in [1.807, 2.05) is 17.4 Å². The molecular weight excluding hydrogens is 553 g/mol. The van der Waals surface area contributed by atoms with Gasteiger partial charge in [-0.1, -0.05) is 121 Å². The molecule has 0 atom stereocenters. The van der Waals surface area contributed by atoms with Gasteiger partial charge in [0.1, 0.15) is 11.2 Å². The lowest BCUT2D eigenvalue weighted by molar-refractivity contribution is 0.670. The summed E-state index contributed by atoms with van der Waals surface area (Å²) in [6.45, 7) is 0. The predicted molar refractivity (Wildman–Crippen MR) is 188 cm³/mol. The van der Waals surface area contributed by atoms with Crippen molar-refractivity contribution >= 4 is 53.4 Å². The van der Waals surface area contributed by atoms with Gasteiger partial charge in [0, 0.05) is 36.5 Å². The Hall–Kier alpha value is -5.44. The lowest BCUT2D eigenvalue weighted by Crippen LogP contribution is -1.88. The van der Waals surface area contributed by atoms with Gasteiger partial charge in [0.15, 0.2) is 0 Å². The smallest absolute Gasteiger partial charge is 0.143 e. The second kappa shape index (κ2) is 10.1. The van der Waals surface area contributed by atoms with Gasteiger partial charge in [-0.3, -0.25) is 0 Å². The summed E-state index contributed by atoms with van der Waals surface area (Å²) in [6.07, 6.45) is 0. The zero-order chi connectivity index (χ0) is 29.0. The summed E-state index contributed by atoms with van der Waals surface area (Å²) in [7, 11) is 0. The van der Waals surface area contributed by atoms with Crippen LogP contribution < -0.4 is 0 Å². The van der Waals surface area contributed by atoms with E-state index in [9.17, 15) is 0 Å². The molecule has 0 unspecified atom stereocenters. The van der Waals surface area contributed by atoms with Crippen LogP contribution >= 0.6 is 11.3 Å². The van der Waals surface area contributed by atoms with E-state index >= 15 is 0 Å².